The summed E-state index contributed by atoms with van der Waals surface area (Å²) in [5.41, 5.74) is 0.331. The molecule has 2 bridgehead atoms. The van der Waals surface area contributed by atoms with Crippen LogP contribution in [0.5, 0.6) is 0 Å². The highest BCUT2D eigenvalue weighted by Crippen LogP contribution is 2.56. The highest BCUT2D eigenvalue weighted by molar-refractivity contribution is 5.09. The monoisotopic (exact) mass is 337 g/mol. The zero-order valence-corrected chi connectivity index (χ0v) is 15.0. The van der Waals surface area contributed by atoms with E-state index in [1.807, 2.05) is 0 Å². The third-order valence-electron chi connectivity index (χ3n) is 7.51. The largest absolute Gasteiger partial charge is 0.396 e. The number of aliphatic hydroxyl groups excluding tert-OH is 2. The molecule has 0 radical (unpaired) electrons. The topological polar surface area (TPSA) is 52.9 Å². The number of aliphatic hydroxyl groups is 2. The first kappa shape index (κ1) is 17.3. The Morgan fingerprint density at radius 3 is 2.83 bits per heavy atom. The maximum Gasteiger partial charge on any atom is 0.154 e. The summed E-state index contributed by atoms with van der Waals surface area (Å²) < 4.78 is 6.18. The van der Waals surface area contributed by atoms with Gasteiger partial charge in [0.15, 0.2) is 6.29 Å². The lowest BCUT2D eigenvalue weighted by Crippen LogP contribution is -2.68. The summed E-state index contributed by atoms with van der Waals surface area (Å²) in [7, 11) is 0. The summed E-state index contributed by atoms with van der Waals surface area (Å²) in [6, 6.07) is 0.677. The number of hydrogen-bond acceptors (Lipinski definition) is 4. The molecular formula is C20H35NO3. The van der Waals surface area contributed by atoms with Gasteiger partial charge in [0.25, 0.3) is 0 Å². The molecule has 3 aliphatic heterocycles. The van der Waals surface area contributed by atoms with Crippen molar-refractivity contribution >= 4 is 0 Å². The van der Waals surface area contributed by atoms with Gasteiger partial charge in [-0.25, -0.2) is 0 Å². The summed E-state index contributed by atoms with van der Waals surface area (Å²) in [5.74, 6) is 1.42. The number of nitrogens with zero attached hydrogens (tertiary/aromatic N) is 1. The van der Waals surface area contributed by atoms with E-state index >= 15 is 0 Å². The van der Waals surface area contributed by atoms with E-state index in [4.69, 9.17) is 9.84 Å². The molecule has 4 nitrogen and oxygen atoms in total. The van der Waals surface area contributed by atoms with Crippen LogP contribution in [-0.4, -0.2) is 53.2 Å². The number of unbranched alkanes of at least 4 members (excludes halogenated alkanes) is 2. The molecule has 0 aromatic rings. The Bertz CT molecular complexity index is 431. The highest BCUT2D eigenvalue weighted by atomic mass is 16.6. The zero-order chi connectivity index (χ0) is 16.6. The molecule has 0 amide bonds. The predicted molar refractivity (Wildman–Crippen MR) is 93.5 cm³/mol. The number of fused-ring (bicyclic) bond motifs is 2. The van der Waals surface area contributed by atoms with Gasteiger partial charge in [-0.2, -0.15) is 0 Å². The Balaban J connectivity index is 1.50. The molecule has 0 aromatic heterocycles. The molecule has 24 heavy (non-hydrogen) atoms. The van der Waals surface area contributed by atoms with Crippen molar-refractivity contribution in [3.63, 3.8) is 0 Å². The van der Waals surface area contributed by atoms with Crippen molar-refractivity contribution in [3.05, 3.63) is 0 Å². The van der Waals surface area contributed by atoms with E-state index < -0.39 is 6.29 Å². The maximum atomic E-state index is 10.1. The van der Waals surface area contributed by atoms with Crippen LogP contribution < -0.4 is 0 Å². The predicted octanol–water partition coefficient (Wildman–Crippen LogP) is 2.92. The van der Waals surface area contributed by atoms with Crippen LogP contribution in [0.3, 0.4) is 0 Å². The molecule has 4 rings (SSSR count). The first-order chi connectivity index (χ1) is 11.7. The van der Waals surface area contributed by atoms with Crippen LogP contribution in [0.15, 0.2) is 0 Å². The lowest BCUT2D eigenvalue weighted by Gasteiger charge is -2.63. The summed E-state index contributed by atoms with van der Waals surface area (Å²) in [6.45, 7) is 2.81. The molecule has 0 aromatic carbocycles. The van der Waals surface area contributed by atoms with Crippen molar-refractivity contribution in [2.75, 3.05) is 19.7 Å². The van der Waals surface area contributed by atoms with Gasteiger partial charge in [-0.05, 0) is 63.8 Å². The number of piperidine rings is 2. The van der Waals surface area contributed by atoms with E-state index in [1.54, 1.807) is 0 Å². The van der Waals surface area contributed by atoms with Crippen molar-refractivity contribution in [1.29, 1.82) is 0 Å². The molecule has 138 valence electrons. The van der Waals surface area contributed by atoms with E-state index in [-0.39, 0.29) is 0 Å². The van der Waals surface area contributed by atoms with Gasteiger partial charge in [-0.1, -0.05) is 19.3 Å². The van der Waals surface area contributed by atoms with Gasteiger partial charge < -0.3 is 14.9 Å². The zero-order valence-electron chi connectivity index (χ0n) is 15.0. The number of ether oxygens (including phenoxy) is 1. The van der Waals surface area contributed by atoms with Crippen LogP contribution in [-0.2, 0) is 4.74 Å². The van der Waals surface area contributed by atoms with Crippen LogP contribution in [0.2, 0.25) is 0 Å². The Morgan fingerprint density at radius 1 is 1.04 bits per heavy atom. The molecule has 3 saturated heterocycles. The quantitative estimate of drug-likeness (QED) is 0.758. The third kappa shape index (κ3) is 3.04. The van der Waals surface area contributed by atoms with Crippen LogP contribution >= 0.6 is 0 Å². The third-order valence-corrected chi connectivity index (χ3v) is 7.51. The van der Waals surface area contributed by atoms with Gasteiger partial charge in [0, 0.05) is 30.5 Å². The van der Waals surface area contributed by atoms with E-state index in [2.05, 4.69) is 4.90 Å². The second kappa shape index (κ2) is 7.22. The molecule has 3 heterocycles. The van der Waals surface area contributed by atoms with Crippen molar-refractivity contribution in [2.45, 2.75) is 89.1 Å². The fourth-order valence-electron chi connectivity index (χ4n) is 6.59. The van der Waals surface area contributed by atoms with Gasteiger partial charge in [-0.3, -0.25) is 4.90 Å². The van der Waals surface area contributed by atoms with E-state index in [0.29, 0.717) is 30.1 Å². The van der Waals surface area contributed by atoms with Gasteiger partial charge in [0.2, 0.25) is 0 Å². The van der Waals surface area contributed by atoms with Crippen LogP contribution in [0.1, 0.15) is 70.6 Å². The average molecular weight is 338 g/mol. The normalized spacial score (nSPS) is 45.5. The molecule has 0 unspecified atom stereocenters. The lowest BCUT2D eigenvalue weighted by atomic mass is 9.56. The molecule has 4 heteroatoms. The second-order valence-corrected chi connectivity index (χ2v) is 8.90. The van der Waals surface area contributed by atoms with Crippen LogP contribution in [0, 0.1) is 17.3 Å². The SMILES string of the molecule is OCCCCC[C@H]1CCCN2C[C@]34CCC[C@H]([C@H]12)[C@H]3O[C@@H](O)CC4. The fourth-order valence-corrected chi connectivity index (χ4v) is 6.59. The Kier molecular flexibility index (Phi) is 5.19. The first-order valence-electron chi connectivity index (χ1n) is 10.4. The van der Waals surface area contributed by atoms with E-state index in [1.165, 1.54) is 58.0 Å². The minimum absolute atomic E-state index is 0.300. The molecular weight excluding hydrogens is 302 g/mol. The van der Waals surface area contributed by atoms with Gasteiger partial charge in [0.05, 0.1) is 6.10 Å². The lowest BCUT2D eigenvalue weighted by molar-refractivity contribution is -0.273. The molecule has 4 fully saturated rings. The summed E-state index contributed by atoms with van der Waals surface area (Å²) in [4.78, 5) is 2.82. The summed E-state index contributed by atoms with van der Waals surface area (Å²) in [5, 5.41) is 19.1. The molecule has 1 aliphatic carbocycles. The van der Waals surface area contributed by atoms with Gasteiger partial charge in [0.1, 0.15) is 0 Å². The minimum atomic E-state index is -0.526. The van der Waals surface area contributed by atoms with Gasteiger partial charge >= 0.3 is 0 Å². The number of rotatable bonds is 5. The summed E-state index contributed by atoms with van der Waals surface area (Å²) in [6.07, 6.45) is 13.1. The summed E-state index contributed by atoms with van der Waals surface area (Å²) >= 11 is 0. The molecule has 4 aliphatic rings. The van der Waals surface area contributed by atoms with Crippen LogP contribution in [0.25, 0.3) is 0 Å². The Hall–Kier alpha value is -0.160. The van der Waals surface area contributed by atoms with Crippen molar-refractivity contribution in [1.82, 2.24) is 4.90 Å². The fraction of sp³-hybridized carbons (Fsp3) is 1.00. The van der Waals surface area contributed by atoms with Crippen molar-refractivity contribution < 1.29 is 14.9 Å². The van der Waals surface area contributed by atoms with Crippen LogP contribution in [0.4, 0.5) is 0 Å². The first-order valence-corrected chi connectivity index (χ1v) is 10.4. The highest BCUT2D eigenvalue weighted by Gasteiger charge is 2.58. The van der Waals surface area contributed by atoms with E-state index in [9.17, 15) is 5.11 Å². The standard InChI is InChI=1S/C20H35NO3/c22-13-3-1-2-6-15-7-5-12-21-14-20-10-4-8-16(18(15)21)19(20)24-17(23)9-11-20/h15-19,22-23H,1-14H2/t15-,16+,17+,18-,19+,20+/m0/s1. The number of hydrogen-bond donors (Lipinski definition) is 2. The molecule has 2 N–H and O–H groups in total. The average Bonchev–Trinajstić information content (AvgIpc) is 2.58. The van der Waals surface area contributed by atoms with Crippen molar-refractivity contribution in [3.8, 4) is 0 Å². The Morgan fingerprint density at radius 2 is 1.96 bits per heavy atom. The smallest absolute Gasteiger partial charge is 0.154 e. The minimum Gasteiger partial charge on any atom is -0.396 e. The van der Waals surface area contributed by atoms with E-state index in [0.717, 1.165) is 31.6 Å². The second-order valence-electron chi connectivity index (χ2n) is 8.90. The Labute approximate surface area is 146 Å². The van der Waals surface area contributed by atoms with Crippen molar-refractivity contribution in [2.24, 2.45) is 17.3 Å². The molecule has 1 saturated carbocycles. The molecule has 0 spiro atoms. The maximum absolute atomic E-state index is 10.1. The molecule has 6 atom stereocenters. The van der Waals surface area contributed by atoms with Gasteiger partial charge in [-0.15, -0.1) is 0 Å².